The highest BCUT2D eigenvalue weighted by Gasteiger charge is 2.22. The van der Waals surface area contributed by atoms with E-state index in [-0.39, 0.29) is 23.2 Å². The summed E-state index contributed by atoms with van der Waals surface area (Å²) < 4.78 is 26.8. The normalized spacial score (nSPS) is 11.0. The van der Waals surface area contributed by atoms with Crippen LogP contribution in [0.2, 0.25) is 0 Å². The van der Waals surface area contributed by atoms with Crippen molar-refractivity contribution in [3.05, 3.63) is 16.6 Å². The molecule has 2 aromatic heterocycles. The number of aromatic carboxylic acids is 1. The van der Waals surface area contributed by atoms with Gasteiger partial charge in [0.2, 0.25) is 0 Å². The number of hydrogen-bond acceptors (Lipinski definition) is 4. The van der Waals surface area contributed by atoms with Gasteiger partial charge in [-0.25, -0.2) is 13.6 Å². The van der Waals surface area contributed by atoms with Gasteiger partial charge in [-0.15, -0.1) is 11.3 Å². The Labute approximate surface area is 104 Å². The predicted octanol–water partition coefficient (Wildman–Crippen LogP) is 2.65. The number of aromatic nitrogens is 2. The zero-order valence-corrected chi connectivity index (χ0v) is 9.75. The SMILES string of the molecule is N#CCCn1nc(C(F)F)c2cc(C(=O)O)sc21. The van der Waals surface area contributed by atoms with Crippen molar-refractivity contribution < 1.29 is 18.7 Å². The third-order valence-corrected chi connectivity index (χ3v) is 3.44. The number of nitriles is 1. The molecule has 8 heteroatoms. The van der Waals surface area contributed by atoms with Crippen molar-refractivity contribution in [1.29, 1.82) is 5.26 Å². The van der Waals surface area contributed by atoms with Crippen LogP contribution in [0.5, 0.6) is 0 Å². The average molecular weight is 271 g/mol. The molecule has 0 saturated heterocycles. The van der Waals surface area contributed by atoms with E-state index in [0.29, 0.717) is 4.83 Å². The fourth-order valence-electron chi connectivity index (χ4n) is 1.56. The van der Waals surface area contributed by atoms with Crippen LogP contribution in [-0.2, 0) is 6.54 Å². The maximum atomic E-state index is 12.8. The van der Waals surface area contributed by atoms with E-state index < -0.39 is 18.1 Å². The van der Waals surface area contributed by atoms with Crippen LogP contribution < -0.4 is 0 Å². The number of rotatable bonds is 4. The Balaban J connectivity index is 2.57. The molecule has 5 nitrogen and oxygen atoms in total. The first-order valence-corrected chi connectivity index (χ1v) is 5.75. The maximum Gasteiger partial charge on any atom is 0.345 e. The Morgan fingerprint density at radius 1 is 1.67 bits per heavy atom. The summed E-state index contributed by atoms with van der Waals surface area (Å²) in [4.78, 5) is 11.2. The van der Waals surface area contributed by atoms with Crippen molar-refractivity contribution in [3.63, 3.8) is 0 Å². The molecule has 94 valence electrons. The van der Waals surface area contributed by atoms with Gasteiger partial charge >= 0.3 is 5.97 Å². The highest BCUT2D eigenvalue weighted by Crippen LogP contribution is 2.33. The minimum absolute atomic E-state index is 0.0185. The number of carbonyl (C=O) groups is 1. The van der Waals surface area contributed by atoms with Crippen molar-refractivity contribution in [2.75, 3.05) is 0 Å². The van der Waals surface area contributed by atoms with E-state index in [0.717, 1.165) is 11.3 Å². The van der Waals surface area contributed by atoms with Gasteiger partial charge in [0.05, 0.1) is 19.0 Å². The highest BCUT2D eigenvalue weighted by atomic mass is 32.1. The summed E-state index contributed by atoms with van der Waals surface area (Å²) in [6, 6.07) is 3.08. The molecule has 18 heavy (non-hydrogen) atoms. The van der Waals surface area contributed by atoms with E-state index >= 15 is 0 Å². The van der Waals surface area contributed by atoms with E-state index in [1.807, 2.05) is 6.07 Å². The monoisotopic (exact) mass is 271 g/mol. The second kappa shape index (κ2) is 4.70. The van der Waals surface area contributed by atoms with Crippen LogP contribution in [0.15, 0.2) is 6.07 Å². The molecule has 2 aromatic rings. The van der Waals surface area contributed by atoms with E-state index in [2.05, 4.69) is 5.10 Å². The summed E-state index contributed by atoms with van der Waals surface area (Å²) >= 11 is 0.879. The Kier molecular flexibility index (Phi) is 3.25. The third-order valence-electron chi connectivity index (χ3n) is 2.30. The lowest BCUT2D eigenvalue weighted by atomic mass is 10.3. The van der Waals surface area contributed by atoms with Gasteiger partial charge < -0.3 is 5.11 Å². The van der Waals surface area contributed by atoms with Gasteiger partial charge in [0.1, 0.15) is 15.4 Å². The van der Waals surface area contributed by atoms with Crippen molar-refractivity contribution >= 4 is 27.5 Å². The first-order chi connectivity index (χ1) is 8.54. The van der Waals surface area contributed by atoms with Gasteiger partial charge in [-0.2, -0.15) is 10.4 Å². The topological polar surface area (TPSA) is 78.9 Å². The first-order valence-electron chi connectivity index (χ1n) is 4.93. The first kappa shape index (κ1) is 12.4. The van der Waals surface area contributed by atoms with Gasteiger partial charge in [0.25, 0.3) is 6.43 Å². The number of halogens is 2. The molecule has 0 radical (unpaired) electrons. The number of aryl methyl sites for hydroxylation is 1. The second-order valence-electron chi connectivity index (χ2n) is 3.45. The number of nitrogens with zero attached hydrogens (tertiary/aromatic N) is 3. The minimum Gasteiger partial charge on any atom is -0.477 e. The lowest BCUT2D eigenvalue weighted by Crippen LogP contribution is -2.00. The summed E-state index contributed by atoms with van der Waals surface area (Å²) in [5.74, 6) is -1.16. The van der Waals surface area contributed by atoms with Gasteiger partial charge in [-0.1, -0.05) is 0 Å². The molecular formula is C10H7F2N3O2S. The summed E-state index contributed by atoms with van der Waals surface area (Å²) in [5.41, 5.74) is -0.438. The number of carboxylic acids is 1. The predicted molar refractivity (Wildman–Crippen MR) is 59.8 cm³/mol. The van der Waals surface area contributed by atoms with E-state index in [1.54, 1.807) is 0 Å². The lowest BCUT2D eigenvalue weighted by molar-refractivity contribution is 0.0702. The van der Waals surface area contributed by atoms with Gasteiger partial charge in [-0.05, 0) is 6.07 Å². The molecule has 1 N–H and O–H groups in total. The molecule has 0 saturated carbocycles. The Morgan fingerprint density at radius 2 is 2.39 bits per heavy atom. The second-order valence-corrected chi connectivity index (χ2v) is 4.48. The van der Waals surface area contributed by atoms with Crippen LogP contribution in [-0.4, -0.2) is 20.9 Å². The van der Waals surface area contributed by atoms with Crippen LogP contribution in [0.3, 0.4) is 0 Å². The number of carboxylic acid groups (broad SMARTS) is 1. The van der Waals surface area contributed by atoms with Gasteiger partial charge in [-0.3, -0.25) is 4.68 Å². The smallest absolute Gasteiger partial charge is 0.345 e. The van der Waals surface area contributed by atoms with Crippen LogP contribution in [0.25, 0.3) is 10.2 Å². The van der Waals surface area contributed by atoms with Gasteiger partial charge in [0, 0.05) is 5.39 Å². The molecule has 2 heterocycles. The molecule has 0 atom stereocenters. The Hall–Kier alpha value is -2.01. The van der Waals surface area contributed by atoms with Crippen LogP contribution in [0.1, 0.15) is 28.2 Å². The van der Waals surface area contributed by atoms with Gasteiger partial charge in [0.15, 0.2) is 0 Å². The maximum absolute atomic E-state index is 12.8. The molecule has 0 unspecified atom stereocenters. The molecule has 0 aromatic carbocycles. The van der Waals surface area contributed by atoms with Crippen LogP contribution in [0, 0.1) is 11.3 Å². The zero-order valence-electron chi connectivity index (χ0n) is 8.93. The molecule has 0 bridgehead atoms. The lowest BCUT2D eigenvalue weighted by Gasteiger charge is -1.97. The zero-order chi connectivity index (χ0) is 13.3. The summed E-state index contributed by atoms with van der Waals surface area (Å²) in [6.45, 7) is 0.166. The quantitative estimate of drug-likeness (QED) is 0.927. The largest absolute Gasteiger partial charge is 0.477 e. The molecule has 2 rings (SSSR count). The van der Waals surface area contributed by atoms with E-state index in [1.165, 1.54) is 10.7 Å². The fraction of sp³-hybridized carbons (Fsp3) is 0.300. The molecule has 0 fully saturated rings. The molecule has 0 aliphatic heterocycles. The molecular weight excluding hydrogens is 264 g/mol. The number of thiophene rings is 1. The van der Waals surface area contributed by atoms with Crippen LogP contribution >= 0.6 is 11.3 Å². The van der Waals surface area contributed by atoms with Crippen molar-refractivity contribution in [2.24, 2.45) is 0 Å². The van der Waals surface area contributed by atoms with E-state index in [9.17, 15) is 13.6 Å². The van der Waals surface area contributed by atoms with E-state index in [4.69, 9.17) is 10.4 Å². The number of hydrogen-bond donors (Lipinski definition) is 1. The van der Waals surface area contributed by atoms with Crippen molar-refractivity contribution in [1.82, 2.24) is 9.78 Å². The standard InChI is InChI=1S/C10H7F2N3O2S/c11-8(12)7-5-4-6(10(16)17)18-9(5)15(14-7)3-1-2-13/h4,8H,1,3H2,(H,16,17). The average Bonchev–Trinajstić information content (AvgIpc) is 2.84. The van der Waals surface area contributed by atoms with Crippen molar-refractivity contribution in [2.45, 2.75) is 19.4 Å². The summed E-state index contributed by atoms with van der Waals surface area (Å²) in [7, 11) is 0. The highest BCUT2D eigenvalue weighted by molar-refractivity contribution is 7.20. The molecule has 0 amide bonds. The number of alkyl halides is 2. The Bertz CT molecular complexity index is 641. The molecule has 0 aliphatic rings. The Morgan fingerprint density at radius 3 is 2.94 bits per heavy atom. The van der Waals surface area contributed by atoms with Crippen LogP contribution in [0.4, 0.5) is 8.78 Å². The molecule has 0 spiro atoms. The summed E-state index contributed by atoms with van der Waals surface area (Å²) in [6.07, 6.45) is -2.65. The molecule has 0 aliphatic carbocycles. The third kappa shape index (κ3) is 2.04. The summed E-state index contributed by atoms with van der Waals surface area (Å²) in [5, 5.41) is 21.2. The minimum atomic E-state index is -2.77. The fourth-order valence-corrected chi connectivity index (χ4v) is 2.54. The number of fused-ring (bicyclic) bond motifs is 1. The van der Waals surface area contributed by atoms with Crippen molar-refractivity contribution in [3.8, 4) is 6.07 Å².